The molecule has 3 aliphatic rings. The first-order chi connectivity index (χ1) is 9.63. The Hall–Kier alpha value is -0.610. The normalized spacial score (nSPS) is 34.9. The van der Waals surface area contributed by atoms with Crippen molar-refractivity contribution in [3.63, 3.8) is 0 Å². The summed E-state index contributed by atoms with van der Waals surface area (Å²) in [6, 6.07) is 0.804. The highest BCUT2D eigenvalue weighted by atomic mass is 16.5. The van der Waals surface area contributed by atoms with Crippen molar-refractivity contribution in [2.75, 3.05) is 13.2 Å². The molecular formula is C16H28N2O2. The van der Waals surface area contributed by atoms with Crippen LogP contribution in [0.15, 0.2) is 0 Å². The molecule has 0 spiro atoms. The van der Waals surface area contributed by atoms with Gasteiger partial charge in [0.2, 0.25) is 5.91 Å². The minimum absolute atomic E-state index is 0.0602. The van der Waals surface area contributed by atoms with E-state index in [1.807, 2.05) is 0 Å². The first-order valence-corrected chi connectivity index (χ1v) is 8.27. The third-order valence-corrected chi connectivity index (χ3v) is 5.18. The molecule has 0 aromatic heterocycles. The Labute approximate surface area is 122 Å². The largest absolute Gasteiger partial charge is 0.381 e. The summed E-state index contributed by atoms with van der Waals surface area (Å²) in [5.74, 6) is 2.37. The van der Waals surface area contributed by atoms with E-state index < -0.39 is 0 Å². The van der Waals surface area contributed by atoms with Crippen molar-refractivity contribution < 1.29 is 9.53 Å². The Morgan fingerprint density at radius 2 is 1.70 bits per heavy atom. The molecule has 0 bridgehead atoms. The lowest BCUT2D eigenvalue weighted by molar-refractivity contribution is -0.125. The summed E-state index contributed by atoms with van der Waals surface area (Å²) < 4.78 is 5.39. The fraction of sp³-hybridized carbons (Fsp3) is 0.938. The van der Waals surface area contributed by atoms with Gasteiger partial charge in [-0.2, -0.15) is 0 Å². The highest BCUT2D eigenvalue weighted by Gasteiger charge is 2.46. The smallest absolute Gasteiger partial charge is 0.237 e. The quantitative estimate of drug-likeness (QED) is 0.806. The molecule has 0 radical (unpaired) electrons. The van der Waals surface area contributed by atoms with E-state index in [4.69, 9.17) is 4.74 Å². The van der Waals surface area contributed by atoms with Gasteiger partial charge in [-0.25, -0.2) is 0 Å². The van der Waals surface area contributed by atoms with Crippen molar-refractivity contribution in [2.45, 2.75) is 64.1 Å². The lowest BCUT2D eigenvalue weighted by Crippen LogP contribution is -2.54. The summed E-state index contributed by atoms with van der Waals surface area (Å²) >= 11 is 0. The second kappa shape index (κ2) is 6.02. The number of hydrogen-bond acceptors (Lipinski definition) is 3. The fourth-order valence-electron chi connectivity index (χ4n) is 3.81. The first-order valence-electron chi connectivity index (χ1n) is 8.27. The zero-order valence-electron chi connectivity index (χ0n) is 12.7. The number of hydrogen-bond donors (Lipinski definition) is 2. The molecule has 4 nitrogen and oxygen atoms in total. The Bertz CT molecular complexity index is 342. The van der Waals surface area contributed by atoms with Crippen molar-refractivity contribution >= 4 is 5.91 Å². The van der Waals surface area contributed by atoms with Crippen molar-refractivity contribution in [1.29, 1.82) is 0 Å². The van der Waals surface area contributed by atoms with E-state index >= 15 is 0 Å². The average molecular weight is 280 g/mol. The van der Waals surface area contributed by atoms with Crippen LogP contribution in [0.2, 0.25) is 0 Å². The molecule has 3 rings (SSSR count). The lowest BCUT2D eigenvalue weighted by Gasteiger charge is -2.31. The average Bonchev–Trinajstić information content (AvgIpc) is 3.04. The van der Waals surface area contributed by atoms with Gasteiger partial charge < -0.3 is 15.4 Å². The van der Waals surface area contributed by atoms with Crippen LogP contribution in [0.5, 0.6) is 0 Å². The number of amides is 1. The van der Waals surface area contributed by atoms with Crippen LogP contribution in [-0.4, -0.2) is 37.2 Å². The molecule has 3 unspecified atom stereocenters. The Morgan fingerprint density at radius 1 is 1.05 bits per heavy atom. The Balaban J connectivity index is 1.50. The van der Waals surface area contributed by atoms with Crippen molar-refractivity contribution in [1.82, 2.24) is 10.6 Å². The van der Waals surface area contributed by atoms with Crippen LogP contribution >= 0.6 is 0 Å². The predicted octanol–water partition coefficient (Wildman–Crippen LogP) is 1.69. The standard InChI is InChI=1S/C16H28N2O2/c1-10(2)15(17-13-3-5-20-6-4-13)16(19)18-14-8-11-7-12(11)9-14/h10-15,17H,3-9H2,1-2H3,(H,18,19). The van der Waals surface area contributed by atoms with Crippen LogP contribution in [-0.2, 0) is 9.53 Å². The summed E-state index contributed by atoms with van der Waals surface area (Å²) in [6.45, 7) is 5.89. The zero-order valence-corrected chi connectivity index (χ0v) is 12.7. The van der Waals surface area contributed by atoms with Crippen LogP contribution in [0.1, 0.15) is 46.0 Å². The van der Waals surface area contributed by atoms with E-state index in [0.717, 1.165) is 37.9 Å². The predicted molar refractivity (Wildman–Crippen MR) is 78.4 cm³/mol. The number of ether oxygens (including phenoxy) is 1. The van der Waals surface area contributed by atoms with Gasteiger partial charge in [0.15, 0.2) is 0 Å². The number of fused-ring (bicyclic) bond motifs is 1. The van der Waals surface area contributed by atoms with Gasteiger partial charge in [0.1, 0.15) is 0 Å². The molecule has 1 aliphatic heterocycles. The van der Waals surface area contributed by atoms with Gasteiger partial charge >= 0.3 is 0 Å². The van der Waals surface area contributed by atoms with Crippen molar-refractivity contribution in [2.24, 2.45) is 17.8 Å². The minimum Gasteiger partial charge on any atom is -0.381 e. The molecule has 2 aliphatic carbocycles. The summed E-state index contributed by atoms with van der Waals surface area (Å²) in [5, 5.41) is 6.84. The van der Waals surface area contributed by atoms with Gasteiger partial charge in [-0.15, -0.1) is 0 Å². The van der Waals surface area contributed by atoms with Gasteiger partial charge in [0.25, 0.3) is 0 Å². The molecule has 1 heterocycles. The summed E-state index contributed by atoms with van der Waals surface area (Å²) in [4.78, 5) is 12.5. The van der Waals surface area contributed by atoms with Gasteiger partial charge in [-0.1, -0.05) is 13.8 Å². The Kier molecular flexibility index (Phi) is 4.32. The van der Waals surface area contributed by atoms with Gasteiger partial charge in [0, 0.05) is 25.3 Å². The van der Waals surface area contributed by atoms with E-state index in [-0.39, 0.29) is 11.9 Å². The monoisotopic (exact) mass is 280 g/mol. The van der Waals surface area contributed by atoms with E-state index in [0.29, 0.717) is 18.0 Å². The van der Waals surface area contributed by atoms with Gasteiger partial charge in [0.05, 0.1) is 6.04 Å². The summed E-state index contributed by atoms with van der Waals surface area (Å²) in [5.41, 5.74) is 0. The van der Waals surface area contributed by atoms with Crippen molar-refractivity contribution in [3.8, 4) is 0 Å². The maximum absolute atomic E-state index is 12.5. The van der Waals surface area contributed by atoms with E-state index in [9.17, 15) is 4.79 Å². The van der Waals surface area contributed by atoms with E-state index in [1.165, 1.54) is 19.3 Å². The molecule has 3 fully saturated rings. The van der Waals surface area contributed by atoms with E-state index in [1.54, 1.807) is 0 Å². The molecule has 4 heteroatoms. The maximum atomic E-state index is 12.5. The van der Waals surface area contributed by atoms with Crippen LogP contribution in [0.4, 0.5) is 0 Å². The summed E-state index contributed by atoms with van der Waals surface area (Å²) in [6.07, 6.45) is 5.85. The highest BCUT2D eigenvalue weighted by Crippen LogP contribution is 2.51. The van der Waals surface area contributed by atoms with Crippen molar-refractivity contribution in [3.05, 3.63) is 0 Å². The number of carbonyl (C=O) groups is 1. The molecule has 114 valence electrons. The van der Waals surface area contributed by atoms with Crippen LogP contribution in [0, 0.1) is 17.8 Å². The molecule has 20 heavy (non-hydrogen) atoms. The molecule has 2 saturated carbocycles. The Morgan fingerprint density at radius 3 is 2.30 bits per heavy atom. The fourth-order valence-corrected chi connectivity index (χ4v) is 3.81. The van der Waals surface area contributed by atoms with Crippen LogP contribution in [0.25, 0.3) is 0 Å². The molecule has 1 saturated heterocycles. The number of carbonyl (C=O) groups excluding carboxylic acids is 1. The number of nitrogens with one attached hydrogen (secondary N) is 2. The van der Waals surface area contributed by atoms with Crippen LogP contribution < -0.4 is 10.6 Å². The molecule has 0 aromatic rings. The second-order valence-electron chi connectivity index (χ2n) is 7.21. The molecule has 2 N–H and O–H groups in total. The molecule has 0 aromatic carbocycles. The van der Waals surface area contributed by atoms with Gasteiger partial charge in [-0.3, -0.25) is 4.79 Å². The third-order valence-electron chi connectivity index (χ3n) is 5.18. The second-order valence-corrected chi connectivity index (χ2v) is 7.21. The number of rotatable bonds is 5. The minimum atomic E-state index is -0.0602. The molecule has 1 amide bonds. The first kappa shape index (κ1) is 14.3. The summed E-state index contributed by atoms with van der Waals surface area (Å²) in [7, 11) is 0. The molecule has 3 atom stereocenters. The third kappa shape index (κ3) is 3.34. The highest BCUT2D eigenvalue weighted by molar-refractivity contribution is 5.82. The SMILES string of the molecule is CC(C)C(NC1CCOCC1)C(=O)NC1CC2CC2C1. The van der Waals surface area contributed by atoms with E-state index in [2.05, 4.69) is 24.5 Å². The maximum Gasteiger partial charge on any atom is 0.237 e. The van der Waals surface area contributed by atoms with Gasteiger partial charge in [-0.05, 0) is 49.9 Å². The van der Waals surface area contributed by atoms with Crippen LogP contribution in [0.3, 0.4) is 0 Å². The lowest BCUT2D eigenvalue weighted by atomic mass is 9.99. The zero-order chi connectivity index (χ0) is 14.1. The molecular weight excluding hydrogens is 252 g/mol. The topological polar surface area (TPSA) is 50.4 Å².